The number of nitrogens with two attached hydrogens (primary N) is 1. The Morgan fingerprint density at radius 2 is 2.10 bits per heavy atom. The van der Waals surface area contributed by atoms with Crippen LogP contribution >= 0.6 is 0 Å². The molecule has 0 bridgehead atoms. The van der Waals surface area contributed by atoms with Gasteiger partial charge in [0.2, 0.25) is 5.91 Å². The van der Waals surface area contributed by atoms with Gasteiger partial charge in [-0.05, 0) is 43.2 Å². The number of ether oxygens (including phenoxy) is 2. The van der Waals surface area contributed by atoms with E-state index in [1.807, 2.05) is 31.2 Å². The summed E-state index contributed by atoms with van der Waals surface area (Å²) in [4.78, 5) is 13.6. The van der Waals surface area contributed by atoms with Gasteiger partial charge in [-0.3, -0.25) is 4.79 Å². The van der Waals surface area contributed by atoms with E-state index in [0.29, 0.717) is 25.4 Å². The summed E-state index contributed by atoms with van der Waals surface area (Å²) in [5.41, 5.74) is 8.34. The molecule has 0 aliphatic carbocycles. The van der Waals surface area contributed by atoms with Crippen LogP contribution in [0.1, 0.15) is 18.9 Å². The van der Waals surface area contributed by atoms with Crippen molar-refractivity contribution in [3.63, 3.8) is 0 Å². The molecule has 3 N–H and O–H groups in total. The molecule has 0 saturated carbocycles. The van der Waals surface area contributed by atoms with Crippen molar-refractivity contribution < 1.29 is 18.7 Å². The molecule has 0 spiro atoms. The maximum atomic E-state index is 13.4. The number of hydrogen-bond acceptors (Lipinski definition) is 5. The summed E-state index contributed by atoms with van der Waals surface area (Å²) in [5, 5.41) is 3.40. The fourth-order valence-electron chi connectivity index (χ4n) is 3.40. The maximum Gasteiger partial charge on any atom is 0.246 e. The molecule has 0 radical (unpaired) electrons. The van der Waals surface area contributed by atoms with Crippen LogP contribution in [0.3, 0.4) is 0 Å². The highest BCUT2D eigenvalue weighted by Gasteiger charge is 2.18. The predicted octanol–water partition coefficient (Wildman–Crippen LogP) is 2.96. The molecule has 1 heterocycles. The van der Waals surface area contributed by atoms with Crippen molar-refractivity contribution >= 4 is 17.3 Å². The zero-order valence-electron chi connectivity index (χ0n) is 16.7. The second-order valence-corrected chi connectivity index (χ2v) is 6.98. The quantitative estimate of drug-likeness (QED) is 0.599. The first kappa shape index (κ1) is 20.9. The molecule has 3 rings (SSSR count). The van der Waals surface area contributed by atoms with E-state index in [4.69, 9.17) is 15.2 Å². The van der Waals surface area contributed by atoms with Gasteiger partial charge in [-0.2, -0.15) is 0 Å². The van der Waals surface area contributed by atoms with E-state index >= 15 is 0 Å². The van der Waals surface area contributed by atoms with E-state index in [0.717, 1.165) is 43.0 Å². The molecule has 156 valence electrons. The lowest BCUT2D eigenvalue weighted by molar-refractivity contribution is -0.129. The number of carbonyl (C=O) groups excluding carboxylic acids is 1. The van der Waals surface area contributed by atoms with Crippen LogP contribution in [0.2, 0.25) is 0 Å². The first-order chi connectivity index (χ1) is 14.1. The van der Waals surface area contributed by atoms with E-state index < -0.39 is 12.0 Å². The normalized spacial score (nSPS) is 14.1. The molecule has 1 unspecified atom stereocenters. The van der Waals surface area contributed by atoms with E-state index in [-0.39, 0.29) is 5.82 Å². The van der Waals surface area contributed by atoms with E-state index in [9.17, 15) is 9.18 Å². The van der Waals surface area contributed by atoms with Crippen molar-refractivity contribution in [1.82, 2.24) is 0 Å². The topological polar surface area (TPSA) is 76.8 Å². The Morgan fingerprint density at radius 3 is 2.83 bits per heavy atom. The van der Waals surface area contributed by atoms with Crippen LogP contribution in [-0.4, -0.2) is 44.9 Å². The van der Waals surface area contributed by atoms with Crippen LogP contribution in [0.5, 0.6) is 5.75 Å². The lowest BCUT2D eigenvalue weighted by Gasteiger charge is -2.31. The molecule has 1 aliphatic heterocycles. The predicted molar refractivity (Wildman–Crippen MR) is 112 cm³/mol. The van der Waals surface area contributed by atoms with E-state index in [2.05, 4.69) is 10.2 Å². The van der Waals surface area contributed by atoms with E-state index in [1.54, 1.807) is 6.07 Å². The number of benzene rings is 2. The smallest absolute Gasteiger partial charge is 0.246 e. The zero-order valence-corrected chi connectivity index (χ0v) is 16.7. The number of anilines is 2. The average molecular weight is 401 g/mol. The third kappa shape index (κ3) is 5.84. The highest BCUT2D eigenvalue weighted by molar-refractivity contribution is 5.79. The van der Waals surface area contributed by atoms with Crippen LogP contribution in [0.15, 0.2) is 42.5 Å². The second-order valence-electron chi connectivity index (χ2n) is 6.98. The Morgan fingerprint density at radius 1 is 1.31 bits per heavy atom. The molecule has 2 aromatic carbocycles. The van der Waals surface area contributed by atoms with Crippen LogP contribution in [0.25, 0.3) is 0 Å². The molecule has 1 atom stereocenters. The number of nitrogens with zero attached hydrogens (tertiary/aromatic N) is 1. The third-order valence-electron chi connectivity index (χ3n) is 4.88. The number of amides is 1. The fraction of sp³-hybridized carbons (Fsp3) is 0.409. The Labute approximate surface area is 170 Å². The van der Waals surface area contributed by atoms with Gasteiger partial charge >= 0.3 is 0 Å². The summed E-state index contributed by atoms with van der Waals surface area (Å²) in [6.07, 6.45) is 0.816. The van der Waals surface area contributed by atoms with Crippen LogP contribution in [-0.2, 0) is 16.0 Å². The molecule has 0 saturated heterocycles. The van der Waals surface area contributed by atoms with Crippen molar-refractivity contribution in [1.29, 1.82) is 0 Å². The molecule has 2 aromatic rings. The molecule has 29 heavy (non-hydrogen) atoms. The lowest BCUT2D eigenvalue weighted by atomic mass is 10.1. The third-order valence-corrected chi connectivity index (χ3v) is 4.88. The molecule has 0 aromatic heterocycles. The Hall–Kier alpha value is -2.80. The molecular weight excluding hydrogens is 373 g/mol. The SMILES string of the molecule is CCOC(Cc1ccc(NCCCN2CCOc3cc(F)ccc32)cc1)C(N)=O. The maximum absolute atomic E-state index is 13.4. The highest BCUT2D eigenvalue weighted by Crippen LogP contribution is 2.32. The van der Waals surface area contributed by atoms with Gasteiger partial charge in [0.1, 0.15) is 24.3 Å². The average Bonchev–Trinajstić information content (AvgIpc) is 2.71. The van der Waals surface area contributed by atoms with Crippen molar-refractivity contribution in [2.45, 2.75) is 25.9 Å². The summed E-state index contributed by atoms with van der Waals surface area (Å²) >= 11 is 0. The van der Waals surface area contributed by atoms with Crippen molar-refractivity contribution in [3.8, 4) is 5.75 Å². The molecule has 0 fully saturated rings. The van der Waals surface area contributed by atoms with Gasteiger partial charge in [-0.1, -0.05) is 12.1 Å². The number of carbonyl (C=O) groups is 1. The first-order valence-corrected chi connectivity index (χ1v) is 9.98. The van der Waals surface area contributed by atoms with Crippen molar-refractivity contribution in [2.75, 3.05) is 43.1 Å². The summed E-state index contributed by atoms with van der Waals surface area (Å²) in [7, 11) is 0. The van der Waals surface area contributed by atoms with Gasteiger partial charge < -0.3 is 25.4 Å². The minimum Gasteiger partial charge on any atom is -0.489 e. The standard InChI is InChI=1S/C22H28FN3O3/c1-2-28-21(22(24)27)14-16-4-7-18(8-5-16)25-10-3-11-26-12-13-29-20-15-17(23)6-9-19(20)26/h4-9,15,21,25H,2-3,10-14H2,1H3,(H2,24,27). The van der Waals surface area contributed by atoms with Gasteiger partial charge in [0, 0.05) is 37.9 Å². The minimum atomic E-state index is -0.594. The summed E-state index contributed by atoms with van der Waals surface area (Å²) in [6.45, 7) is 5.35. The number of halogens is 1. The van der Waals surface area contributed by atoms with Crippen LogP contribution in [0, 0.1) is 5.82 Å². The van der Waals surface area contributed by atoms with Gasteiger partial charge in [-0.15, -0.1) is 0 Å². The molecule has 6 nitrogen and oxygen atoms in total. The molecule has 1 aliphatic rings. The summed E-state index contributed by atoms with van der Waals surface area (Å²) in [6, 6.07) is 12.6. The second kappa shape index (κ2) is 10.1. The first-order valence-electron chi connectivity index (χ1n) is 9.98. The number of hydrogen-bond donors (Lipinski definition) is 2. The van der Waals surface area contributed by atoms with Crippen molar-refractivity contribution in [3.05, 3.63) is 53.8 Å². The lowest BCUT2D eigenvalue weighted by Crippen LogP contribution is -2.34. The summed E-state index contributed by atoms with van der Waals surface area (Å²) < 4.78 is 24.3. The zero-order chi connectivity index (χ0) is 20.6. The van der Waals surface area contributed by atoms with Gasteiger partial charge in [0.15, 0.2) is 0 Å². The van der Waals surface area contributed by atoms with Crippen molar-refractivity contribution in [2.24, 2.45) is 5.73 Å². The molecule has 1 amide bonds. The van der Waals surface area contributed by atoms with Gasteiger partial charge in [-0.25, -0.2) is 4.39 Å². The largest absolute Gasteiger partial charge is 0.489 e. The molecular formula is C22H28FN3O3. The highest BCUT2D eigenvalue weighted by atomic mass is 19.1. The van der Waals surface area contributed by atoms with Gasteiger partial charge in [0.25, 0.3) is 0 Å². The van der Waals surface area contributed by atoms with Gasteiger partial charge in [0.05, 0.1) is 12.2 Å². The van der Waals surface area contributed by atoms with Crippen LogP contribution in [0.4, 0.5) is 15.8 Å². The number of fused-ring (bicyclic) bond motifs is 1. The Balaban J connectivity index is 1.45. The number of rotatable bonds is 10. The molecule has 7 heteroatoms. The van der Waals surface area contributed by atoms with E-state index in [1.165, 1.54) is 12.1 Å². The minimum absolute atomic E-state index is 0.279. The fourth-order valence-corrected chi connectivity index (χ4v) is 3.40. The Kier molecular flexibility index (Phi) is 7.30. The number of nitrogens with one attached hydrogen (secondary N) is 1. The monoisotopic (exact) mass is 401 g/mol. The number of primary amides is 1. The summed E-state index contributed by atoms with van der Waals surface area (Å²) in [5.74, 6) is -0.110. The van der Waals surface area contributed by atoms with Crippen LogP contribution < -0.4 is 20.7 Å². The Bertz CT molecular complexity index is 813.